The van der Waals surface area contributed by atoms with Crippen LogP contribution in [0.25, 0.3) is 0 Å². The monoisotopic (exact) mass is 801 g/mol. The number of rotatable bonds is 15. The lowest BCUT2D eigenvalue weighted by molar-refractivity contribution is -0.140. The van der Waals surface area contributed by atoms with E-state index in [0.29, 0.717) is 11.3 Å². The van der Waals surface area contributed by atoms with E-state index in [4.69, 9.17) is 49.0 Å². The third kappa shape index (κ3) is 9.69. The zero-order valence-electron chi connectivity index (χ0n) is 29.7. The molecule has 4 aromatic rings. The third-order valence-corrected chi connectivity index (χ3v) is 11.9. The molecule has 1 saturated carbocycles. The summed E-state index contributed by atoms with van der Waals surface area (Å²) in [5, 5.41) is 3.96. The predicted molar refractivity (Wildman–Crippen MR) is 208 cm³/mol. The van der Waals surface area contributed by atoms with Gasteiger partial charge in [-0.15, -0.1) is 0 Å². The number of sulfonamides is 1. The quantitative estimate of drug-likeness (QED) is 0.130. The Morgan fingerprint density at radius 2 is 1.43 bits per heavy atom. The molecule has 0 aromatic heterocycles. The minimum Gasteiger partial charge on any atom is -0.495 e. The van der Waals surface area contributed by atoms with Crippen molar-refractivity contribution in [3.8, 4) is 17.2 Å². The lowest BCUT2D eigenvalue weighted by atomic mass is 9.94. The summed E-state index contributed by atoms with van der Waals surface area (Å²) in [6.45, 7) is -0.943. The molecule has 1 atom stereocenters. The van der Waals surface area contributed by atoms with Crippen LogP contribution in [0.5, 0.6) is 17.2 Å². The molecule has 1 aliphatic rings. The summed E-state index contributed by atoms with van der Waals surface area (Å²) in [6, 6.07) is 21.7. The summed E-state index contributed by atoms with van der Waals surface area (Å²) in [7, 11) is -0.344. The van der Waals surface area contributed by atoms with Crippen LogP contribution in [-0.2, 0) is 32.6 Å². The number of hydrogen-bond acceptors (Lipinski definition) is 7. The minimum absolute atomic E-state index is 0.00475. The number of amides is 2. The van der Waals surface area contributed by atoms with E-state index in [9.17, 15) is 13.2 Å². The third-order valence-electron chi connectivity index (χ3n) is 9.24. The van der Waals surface area contributed by atoms with Gasteiger partial charge in [0.2, 0.25) is 11.8 Å². The van der Waals surface area contributed by atoms with E-state index in [1.54, 1.807) is 24.3 Å². The standard InChI is InChI=1S/C39H42Cl3N3O7S/c1-50-35-19-17-27(40)22-33(35)45(53(48,49)29-18-20-36(51-2)37(23-29)52-3)25-38(46)44(24-30-31(41)15-10-16-32(30)42)34(21-26-11-6-4-7-12-26)39(47)43-28-13-8-5-9-14-28/h4,6-7,10-12,15-20,22-23,28,34H,5,8-9,13-14,21,24-25H2,1-3H3,(H,43,47). The summed E-state index contributed by atoms with van der Waals surface area (Å²) in [5.74, 6) is -0.457. The maximum Gasteiger partial charge on any atom is 0.265 e. The molecule has 0 spiro atoms. The summed E-state index contributed by atoms with van der Waals surface area (Å²) in [5.41, 5.74) is 1.21. The van der Waals surface area contributed by atoms with Gasteiger partial charge in [-0.3, -0.25) is 13.9 Å². The van der Waals surface area contributed by atoms with E-state index >= 15 is 4.79 Å². The summed E-state index contributed by atoms with van der Waals surface area (Å²) in [6.07, 6.45) is 4.83. The number of anilines is 1. The minimum atomic E-state index is -4.55. The molecule has 1 N–H and O–H groups in total. The molecule has 10 nitrogen and oxygen atoms in total. The van der Waals surface area contributed by atoms with Crippen LogP contribution in [0.1, 0.15) is 43.2 Å². The highest BCUT2D eigenvalue weighted by atomic mass is 35.5. The van der Waals surface area contributed by atoms with Gasteiger partial charge in [0.25, 0.3) is 10.0 Å². The van der Waals surface area contributed by atoms with Crippen molar-refractivity contribution in [1.29, 1.82) is 0 Å². The molecule has 5 rings (SSSR count). The van der Waals surface area contributed by atoms with Crippen molar-refractivity contribution >= 4 is 62.3 Å². The molecule has 53 heavy (non-hydrogen) atoms. The number of benzene rings is 4. The topological polar surface area (TPSA) is 114 Å². The maximum absolute atomic E-state index is 15.0. The van der Waals surface area contributed by atoms with Gasteiger partial charge in [0.05, 0.1) is 31.9 Å². The van der Waals surface area contributed by atoms with E-state index in [-0.39, 0.29) is 62.1 Å². The molecule has 0 aliphatic heterocycles. The van der Waals surface area contributed by atoms with Gasteiger partial charge in [-0.05, 0) is 60.9 Å². The fourth-order valence-corrected chi connectivity index (χ4v) is 8.54. The van der Waals surface area contributed by atoms with E-state index in [1.165, 1.54) is 56.6 Å². The highest BCUT2D eigenvalue weighted by Gasteiger charge is 2.37. The van der Waals surface area contributed by atoms with E-state index in [2.05, 4.69) is 5.32 Å². The van der Waals surface area contributed by atoms with Crippen molar-refractivity contribution in [2.75, 3.05) is 32.2 Å². The number of hydrogen-bond donors (Lipinski definition) is 1. The number of halogens is 3. The average Bonchev–Trinajstić information content (AvgIpc) is 3.16. The second-order valence-electron chi connectivity index (χ2n) is 12.6. The Morgan fingerprint density at radius 1 is 0.792 bits per heavy atom. The Hall–Kier alpha value is -4.16. The first-order valence-electron chi connectivity index (χ1n) is 17.1. The molecule has 1 fully saturated rings. The number of carbonyl (C=O) groups excluding carboxylic acids is 2. The SMILES string of the molecule is COc1ccc(S(=O)(=O)N(CC(=O)N(Cc2c(Cl)cccc2Cl)C(Cc2ccccc2)C(=O)NC2CCCCC2)c2cc(Cl)ccc2OC)cc1OC. The van der Waals surface area contributed by atoms with Crippen LogP contribution in [0, 0.1) is 0 Å². The molecule has 14 heteroatoms. The van der Waals surface area contributed by atoms with Crippen molar-refractivity contribution < 1.29 is 32.2 Å². The van der Waals surface area contributed by atoms with E-state index in [0.717, 1.165) is 42.0 Å². The van der Waals surface area contributed by atoms with Crippen LogP contribution in [-0.4, -0.2) is 65.1 Å². The molecule has 1 unspecified atom stereocenters. The van der Waals surface area contributed by atoms with Gasteiger partial charge < -0.3 is 24.4 Å². The molecule has 282 valence electrons. The van der Waals surface area contributed by atoms with Crippen LogP contribution < -0.4 is 23.8 Å². The molecular formula is C39H42Cl3N3O7S. The van der Waals surface area contributed by atoms with Gasteiger partial charge in [-0.2, -0.15) is 0 Å². The molecule has 0 radical (unpaired) electrons. The molecule has 1 aliphatic carbocycles. The highest BCUT2D eigenvalue weighted by molar-refractivity contribution is 7.92. The van der Waals surface area contributed by atoms with Crippen molar-refractivity contribution in [3.05, 3.63) is 111 Å². The van der Waals surface area contributed by atoms with Gasteiger partial charge in [0.1, 0.15) is 18.3 Å². The van der Waals surface area contributed by atoms with Gasteiger partial charge in [-0.25, -0.2) is 8.42 Å². The molecular weight excluding hydrogens is 761 g/mol. The van der Waals surface area contributed by atoms with Crippen molar-refractivity contribution in [3.63, 3.8) is 0 Å². The van der Waals surface area contributed by atoms with Crippen molar-refractivity contribution in [2.45, 2.75) is 62.0 Å². The fourth-order valence-electron chi connectivity index (χ4n) is 6.43. The molecule has 0 heterocycles. The summed E-state index contributed by atoms with van der Waals surface area (Å²) >= 11 is 19.7. The molecule has 0 bridgehead atoms. The Labute approximate surface area is 325 Å². The first kappa shape index (κ1) is 40.0. The van der Waals surface area contributed by atoms with Gasteiger partial charge >= 0.3 is 0 Å². The zero-order valence-corrected chi connectivity index (χ0v) is 32.8. The van der Waals surface area contributed by atoms with Crippen molar-refractivity contribution in [1.82, 2.24) is 10.2 Å². The second kappa shape index (κ2) is 18.2. The lowest BCUT2D eigenvalue weighted by Crippen LogP contribution is -2.55. The van der Waals surface area contributed by atoms with Crippen molar-refractivity contribution in [2.24, 2.45) is 0 Å². The summed E-state index contributed by atoms with van der Waals surface area (Å²) < 4.78 is 46.6. The Morgan fingerprint density at radius 3 is 2.08 bits per heavy atom. The van der Waals surface area contributed by atoms with Crippen LogP contribution >= 0.6 is 34.8 Å². The number of nitrogens with zero attached hydrogens (tertiary/aromatic N) is 2. The number of ether oxygens (including phenoxy) is 3. The fraction of sp³-hybridized carbons (Fsp3) is 0.333. The highest BCUT2D eigenvalue weighted by Crippen LogP contribution is 2.38. The first-order valence-corrected chi connectivity index (χ1v) is 19.7. The smallest absolute Gasteiger partial charge is 0.265 e. The Bertz CT molecular complexity index is 1990. The van der Waals surface area contributed by atoms with Crippen LogP contribution in [0.4, 0.5) is 5.69 Å². The van der Waals surface area contributed by atoms with E-state index in [1.807, 2.05) is 30.3 Å². The number of nitrogens with one attached hydrogen (secondary N) is 1. The average molecular weight is 803 g/mol. The molecule has 2 amide bonds. The zero-order chi connectivity index (χ0) is 38.1. The lowest BCUT2D eigenvalue weighted by Gasteiger charge is -2.35. The molecule has 0 saturated heterocycles. The van der Waals surface area contributed by atoms with Gasteiger partial charge in [-0.1, -0.05) is 90.5 Å². The van der Waals surface area contributed by atoms with Crippen LogP contribution in [0.3, 0.4) is 0 Å². The number of carbonyl (C=O) groups is 2. The Balaban J connectivity index is 1.65. The number of methoxy groups -OCH3 is 3. The van der Waals surface area contributed by atoms with Gasteiger partial charge in [0, 0.05) is 45.7 Å². The molecule has 4 aromatic carbocycles. The first-order chi connectivity index (χ1) is 25.5. The van der Waals surface area contributed by atoms with Crippen LogP contribution in [0.15, 0.2) is 89.8 Å². The predicted octanol–water partition coefficient (Wildman–Crippen LogP) is 7.96. The largest absolute Gasteiger partial charge is 0.495 e. The summed E-state index contributed by atoms with van der Waals surface area (Å²) in [4.78, 5) is 30.6. The Kier molecular flexibility index (Phi) is 13.8. The van der Waals surface area contributed by atoms with E-state index < -0.39 is 28.5 Å². The second-order valence-corrected chi connectivity index (χ2v) is 15.7. The van der Waals surface area contributed by atoms with Crippen LogP contribution in [0.2, 0.25) is 15.1 Å². The maximum atomic E-state index is 15.0. The normalized spacial score (nSPS) is 13.8. The van der Waals surface area contributed by atoms with Gasteiger partial charge in [0.15, 0.2) is 11.5 Å².